The van der Waals surface area contributed by atoms with E-state index in [4.69, 9.17) is 23.2 Å². The number of hydrogen-bond donors (Lipinski definition) is 1. The number of unbranched alkanes of at least 4 members (excludes halogenated alkanes) is 1. The summed E-state index contributed by atoms with van der Waals surface area (Å²) in [5.74, 6) is -0.779. The summed E-state index contributed by atoms with van der Waals surface area (Å²) in [5, 5.41) is 3.80. The molecule has 1 atom stereocenters. The van der Waals surface area contributed by atoms with Crippen LogP contribution in [0, 0.1) is 5.82 Å². The number of rotatable bonds is 10. The summed E-state index contributed by atoms with van der Waals surface area (Å²) in [4.78, 5) is 27.6. The Balaban J connectivity index is 2.26. The molecule has 2 aromatic rings. The highest BCUT2D eigenvalue weighted by atomic mass is 35.5. The lowest BCUT2D eigenvalue weighted by Gasteiger charge is -2.31. The Morgan fingerprint density at radius 2 is 1.80 bits per heavy atom. The third kappa shape index (κ3) is 6.99. The van der Waals surface area contributed by atoms with Crippen LogP contribution in [0.3, 0.4) is 0 Å². The van der Waals surface area contributed by atoms with E-state index in [1.807, 2.05) is 13.8 Å². The van der Waals surface area contributed by atoms with E-state index in [1.54, 1.807) is 35.2 Å². The SMILES string of the molecule is CCCCNC(=O)[C@H](CC)N(Cc1ccc(F)cc1)C(=O)Cc1ccc(Cl)cc1Cl. The fourth-order valence-electron chi connectivity index (χ4n) is 3.14. The molecule has 30 heavy (non-hydrogen) atoms. The molecule has 0 unspecified atom stereocenters. The summed E-state index contributed by atoms with van der Waals surface area (Å²) >= 11 is 12.2. The largest absolute Gasteiger partial charge is 0.354 e. The molecule has 0 heterocycles. The first-order chi connectivity index (χ1) is 14.3. The van der Waals surface area contributed by atoms with Crippen molar-refractivity contribution in [1.82, 2.24) is 10.2 Å². The average molecular weight is 453 g/mol. The van der Waals surface area contributed by atoms with Gasteiger partial charge in [0.05, 0.1) is 6.42 Å². The zero-order valence-corrected chi connectivity index (χ0v) is 18.8. The minimum absolute atomic E-state index is 0.0376. The third-order valence-corrected chi connectivity index (χ3v) is 5.43. The molecule has 0 spiro atoms. The van der Waals surface area contributed by atoms with Gasteiger partial charge >= 0.3 is 0 Å². The first-order valence-corrected chi connectivity index (χ1v) is 10.9. The lowest BCUT2D eigenvalue weighted by Crippen LogP contribution is -2.49. The Bertz CT molecular complexity index is 859. The van der Waals surface area contributed by atoms with Crippen LogP contribution in [0.4, 0.5) is 4.39 Å². The molecule has 7 heteroatoms. The van der Waals surface area contributed by atoms with Crippen molar-refractivity contribution in [3.05, 3.63) is 69.5 Å². The van der Waals surface area contributed by atoms with E-state index < -0.39 is 6.04 Å². The van der Waals surface area contributed by atoms with Gasteiger partial charge < -0.3 is 10.2 Å². The van der Waals surface area contributed by atoms with Gasteiger partial charge in [0.25, 0.3) is 0 Å². The van der Waals surface area contributed by atoms with Gasteiger partial charge in [-0.3, -0.25) is 9.59 Å². The molecule has 2 amide bonds. The molecule has 0 aliphatic carbocycles. The summed E-state index contributed by atoms with van der Waals surface area (Å²) in [6, 6.07) is 10.3. The summed E-state index contributed by atoms with van der Waals surface area (Å²) in [6.07, 6.45) is 2.33. The molecular formula is C23H27Cl2FN2O2. The van der Waals surface area contributed by atoms with Crippen molar-refractivity contribution in [2.24, 2.45) is 0 Å². The van der Waals surface area contributed by atoms with Crippen molar-refractivity contribution in [1.29, 1.82) is 0 Å². The van der Waals surface area contributed by atoms with E-state index in [0.717, 1.165) is 18.4 Å². The molecule has 2 aromatic carbocycles. The van der Waals surface area contributed by atoms with Crippen molar-refractivity contribution in [3.8, 4) is 0 Å². The van der Waals surface area contributed by atoms with Crippen LogP contribution in [0.15, 0.2) is 42.5 Å². The van der Waals surface area contributed by atoms with Gasteiger partial charge in [-0.25, -0.2) is 4.39 Å². The minimum atomic E-state index is -0.634. The molecule has 0 aliphatic rings. The zero-order chi connectivity index (χ0) is 22.1. The lowest BCUT2D eigenvalue weighted by atomic mass is 10.1. The number of amides is 2. The Morgan fingerprint density at radius 3 is 2.40 bits per heavy atom. The van der Waals surface area contributed by atoms with Crippen LogP contribution < -0.4 is 5.32 Å². The molecule has 1 N–H and O–H groups in total. The number of benzene rings is 2. The van der Waals surface area contributed by atoms with Crippen LogP contribution in [0.5, 0.6) is 0 Å². The standard InChI is InChI=1S/C23H27Cl2FN2O2/c1-3-5-12-27-23(30)21(4-2)28(15-16-6-10-19(26)11-7-16)22(29)13-17-8-9-18(24)14-20(17)25/h6-11,14,21H,3-5,12-13,15H2,1-2H3,(H,27,30)/t21-/m0/s1. The molecule has 0 fully saturated rings. The van der Waals surface area contributed by atoms with Crippen molar-refractivity contribution in [2.45, 2.75) is 52.1 Å². The van der Waals surface area contributed by atoms with Crippen molar-refractivity contribution >= 4 is 35.0 Å². The quantitative estimate of drug-likeness (QED) is 0.490. The molecule has 0 saturated carbocycles. The fourth-order valence-corrected chi connectivity index (χ4v) is 3.62. The van der Waals surface area contributed by atoms with Gasteiger partial charge in [-0.15, -0.1) is 0 Å². The highest BCUT2D eigenvalue weighted by Gasteiger charge is 2.28. The average Bonchev–Trinajstić information content (AvgIpc) is 2.71. The number of nitrogens with one attached hydrogen (secondary N) is 1. The van der Waals surface area contributed by atoms with Crippen LogP contribution in [-0.4, -0.2) is 29.3 Å². The predicted molar refractivity (Wildman–Crippen MR) is 119 cm³/mol. The lowest BCUT2D eigenvalue weighted by molar-refractivity contribution is -0.140. The third-order valence-electron chi connectivity index (χ3n) is 4.84. The number of hydrogen-bond acceptors (Lipinski definition) is 2. The van der Waals surface area contributed by atoms with Crippen LogP contribution in [0.1, 0.15) is 44.2 Å². The second-order valence-electron chi connectivity index (χ2n) is 7.13. The van der Waals surface area contributed by atoms with Gasteiger partial charge in [-0.05, 0) is 48.2 Å². The van der Waals surface area contributed by atoms with Crippen LogP contribution >= 0.6 is 23.2 Å². The van der Waals surface area contributed by atoms with E-state index in [2.05, 4.69) is 5.32 Å². The molecular weight excluding hydrogens is 426 g/mol. The molecule has 0 aromatic heterocycles. The van der Waals surface area contributed by atoms with Crippen molar-refractivity contribution < 1.29 is 14.0 Å². The normalized spacial score (nSPS) is 11.8. The molecule has 4 nitrogen and oxygen atoms in total. The number of carbonyl (C=O) groups is 2. The van der Waals surface area contributed by atoms with E-state index >= 15 is 0 Å². The number of halogens is 3. The monoisotopic (exact) mass is 452 g/mol. The summed E-state index contributed by atoms with van der Waals surface area (Å²) in [7, 11) is 0. The maximum atomic E-state index is 13.3. The van der Waals surface area contributed by atoms with Gasteiger partial charge in [0.15, 0.2) is 0 Å². The maximum Gasteiger partial charge on any atom is 0.242 e. The second kappa shape index (κ2) is 11.9. The van der Waals surface area contributed by atoms with Crippen molar-refractivity contribution in [2.75, 3.05) is 6.54 Å². The smallest absolute Gasteiger partial charge is 0.242 e. The highest BCUT2D eigenvalue weighted by Crippen LogP contribution is 2.23. The maximum absolute atomic E-state index is 13.3. The Hall–Kier alpha value is -2.11. The van der Waals surface area contributed by atoms with Gasteiger partial charge in [0.1, 0.15) is 11.9 Å². The van der Waals surface area contributed by atoms with E-state index in [-0.39, 0.29) is 30.6 Å². The number of nitrogens with zero attached hydrogens (tertiary/aromatic N) is 1. The van der Waals surface area contributed by atoms with Crippen LogP contribution in [-0.2, 0) is 22.6 Å². The van der Waals surface area contributed by atoms with E-state index in [1.165, 1.54) is 12.1 Å². The summed E-state index contributed by atoms with van der Waals surface area (Å²) < 4.78 is 13.3. The van der Waals surface area contributed by atoms with E-state index in [0.29, 0.717) is 28.6 Å². The molecule has 0 radical (unpaired) electrons. The van der Waals surface area contributed by atoms with Crippen LogP contribution in [0.25, 0.3) is 0 Å². The molecule has 2 rings (SSSR count). The van der Waals surface area contributed by atoms with Gasteiger partial charge in [-0.2, -0.15) is 0 Å². The molecule has 0 bridgehead atoms. The van der Waals surface area contributed by atoms with Gasteiger partial charge in [0, 0.05) is 23.1 Å². The fraction of sp³-hybridized carbons (Fsp3) is 0.391. The topological polar surface area (TPSA) is 49.4 Å². The Morgan fingerprint density at radius 1 is 1.10 bits per heavy atom. The second-order valence-corrected chi connectivity index (χ2v) is 7.97. The molecule has 162 valence electrons. The van der Waals surface area contributed by atoms with E-state index in [9.17, 15) is 14.0 Å². The number of carbonyl (C=O) groups excluding carboxylic acids is 2. The first kappa shape index (κ1) is 24.2. The summed E-state index contributed by atoms with van der Waals surface area (Å²) in [6.45, 7) is 4.67. The molecule has 0 saturated heterocycles. The predicted octanol–water partition coefficient (Wildman–Crippen LogP) is 5.40. The first-order valence-electron chi connectivity index (χ1n) is 10.1. The van der Waals surface area contributed by atoms with Crippen LogP contribution in [0.2, 0.25) is 10.0 Å². The van der Waals surface area contributed by atoms with Crippen molar-refractivity contribution in [3.63, 3.8) is 0 Å². The summed E-state index contributed by atoms with van der Waals surface area (Å²) in [5.41, 5.74) is 1.38. The Labute approximate surface area is 187 Å². The Kier molecular flexibility index (Phi) is 9.60. The minimum Gasteiger partial charge on any atom is -0.354 e. The zero-order valence-electron chi connectivity index (χ0n) is 17.3. The van der Waals surface area contributed by atoms with Gasteiger partial charge in [-0.1, -0.05) is 61.7 Å². The van der Waals surface area contributed by atoms with Gasteiger partial charge in [0.2, 0.25) is 11.8 Å². The molecule has 0 aliphatic heterocycles. The highest BCUT2D eigenvalue weighted by molar-refractivity contribution is 6.35.